The smallest absolute Gasteiger partial charge is 0.298 e. The Balaban J connectivity index is 1.99. The number of aromatic nitrogens is 5. The van der Waals surface area contributed by atoms with Gasteiger partial charge in [0.05, 0.1) is 39.6 Å². The van der Waals surface area contributed by atoms with Crippen LogP contribution in [0, 0.1) is 10.1 Å². The van der Waals surface area contributed by atoms with Crippen molar-refractivity contribution in [1.82, 2.24) is 24.7 Å². The van der Waals surface area contributed by atoms with Gasteiger partial charge in [-0.15, -0.1) is 5.10 Å². The molecule has 0 fully saturated rings. The molecule has 0 amide bonds. The molecule has 2 aromatic carbocycles. The molecule has 8 nitrogen and oxygen atoms in total. The minimum absolute atomic E-state index is 0.154. The van der Waals surface area contributed by atoms with E-state index in [0.717, 1.165) is 5.69 Å². The van der Waals surface area contributed by atoms with Crippen LogP contribution in [0.1, 0.15) is 0 Å². The van der Waals surface area contributed by atoms with Crippen LogP contribution < -0.4 is 0 Å². The molecule has 30 heavy (non-hydrogen) atoms. The second-order valence-corrected chi connectivity index (χ2v) is 7.15. The fraction of sp³-hybridized carbons (Fsp3) is 0.0476. The van der Waals surface area contributed by atoms with Crippen molar-refractivity contribution in [2.24, 2.45) is 7.05 Å². The van der Waals surface area contributed by atoms with Crippen LogP contribution in [0.4, 0.5) is 5.69 Å². The van der Waals surface area contributed by atoms with Gasteiger partial charge in [-0.3, -0.25) is 15.1 Å². The van der Waals surface area contributed by atoms with E-state index in [1.807, 2.05) is 48.1 Å². The van der Waals surface area contributed by atoms with E-state index in [1.54, 1.807) is 12.3 Å². The molecule has 5 aromatic rings. The summed E-state index contributed by atoms with van der Waals surface area (Å²) in [7, 11) is 1.91. The van der Waals surface area contributed by atoms with Crippen LogP contribution in [0.3, 0.4) is 0 Å². The average molecular weight is 417 g/mol. The molecule has 3 aromatic heterocycles. The van der Waals surface area contributed by atoms with Gasteiger partial charge in [0.15, 0.2) is 5.52 Å². The molecule has 0 aliphatic carbocycles. The highest BCUT2D eigenvalue weighted by Gasteiger charge is 2.22. The third-order valence-electron chi connectivity index (χ3n) is 4.97. The summed E-state index contributed by atoms with van der Waals surface area (Å²) in [5.74, 6) is 0. The molecule has 0 atom stereocenters. The highest BCUT2D eigenvalue weighted by atomic mass is 35.5. The number of hydrogen-bond acceptors (Lipinski definition) is 6. The van der Waals surface area contributed by atoms with Gasteiger partial charge in [0.25, 0.3) is 5.69 Å². The van der Waals surface area contributed by atoms with Crippen LogP contribution in [0.2, 0.25) is 5.02 Å². The first-order valence-electron chi connectivity index (χ1n) is 9.00. The zero-order valence-electron chi connectivity index (χ0n) is 15.7. The largest absolute Gasteiger partial charge is 0.349 e. The lowest BCUT2D eigenvalue weighted by atomic mass is 10.0. The maximum absolute atomic E-state index is 11.7. The van der Waals surface area contributed by atoms with Crippen LogP contribution >= 0.6 is 11.6 Å². The molecular weight excluding hydrogens is 404 g/mol. The van der Waals surface area contributed by atoms with Crippen LogP contribution in [0.25, 0.3) is 44.5 Å². The van der Waals surface area contributed by atoms with Crippen molar-refractivity contribution in [2.45, 2.75) is 0 Å². The third-order valence-corrected chi connectivity index (χ3v) is 5.30. The number of aryl methyl sites for hydroxylation is 1. The number of benzene rings is 2. The summed E-state index contributed by atoms with van der Waals surface area (Å²) in [5.41, 5.74) is 3.16. The monoisotopic (exact) mass is 416 g/mol. The van der Waals surface area contributed by atoms with Crippen molar-refractivity contribution in [3.8, 4) is 22.6 Å². The summed E-state index contributed by atoms with van der Waals surface area (Å²) in [4.78, 5) is 20.7. The SMILES string of the molecule is Cn1cccc1-c1cnc2c(cc([N+](=O)[O-])c3nncc32)c(-c2ccccc2Cl)n1. The van der Waals surface area contributed by atoms with Gasteiger partial charge < -0.3 is 4.57 Å². The van der Waals surface area contributed by atoms with Crippen molar-refractivity contribution >= 4 is 39.1 Å². The number of non-ortho nitro benzene ring substituents is 1. The van der Waals surface area contributed by atoms with Crippen LogP contribution in [-0.2, 0) is 7.05 Å². The van der Waals surface area contributed by atoms with E-state index in [1.165, 1.54) is 12.3 Å². The molecule has 0 N–H and O–H groups in total. The predicted octanol–water partition coefficient (Wildman–Crippen LogP) is 4.81. The molecule has 0 aliphatic heterocycles. The lowest BCUT2D eigenvalue weighted by Gasteiger charge is -2.06. The van der Waals surface area contributed by atoms with Crippen LogP contribution in [0.5, 0.6) is 0 Å². The molecule has 3 heterocycles. The van der Waals surface area contributed by atoms with E-state index in [4.69, 9.17) is 16.6 Å². The van der Waals surface area contributed by atoms with E-state index < -0.39 is 4.92 Å². The summed E-state index contributed by atoms with van der Waals surface area (Å²) in [6.07, 6.45) is 5.04. The van der Waals surface area contributed by atoms with E-state index in [2.05, 4.69) is 15.2 Å². The second-order valence-electron chi connectivity index (χ2n) is 6.74. The van der Waals surface area contributed by atoms with Gasteiger partial charge in [0, 0.05) is 35.3 Å². The molecule has 9 heteroatoms. The highest BCUT2D eigenvalue weighted by molar-refractivity contribution is 6.33. The quantitative estimate of drug-likeness (QED) is 0.309. The molecule has 0 saturated carbocycles. The van der Waals surface area contributed by atoms with Crippen molar-refractivity contribution in [3.63, 3.8) is 0 Å². The van der Waals surface area contributed by atoms with Crippen molar-refractivity contribution in [1.29, 1.82) is 0 Å². The Labute approximate surface area is 174 Å². The molecule has 0 aliphatic rings. The molecular formula is C21H13ClN6O2. The number of halogens is 1. The van der Waals surface area contributed by atoms with Gasteiger partial charge >= 0.3 is 0 Å². The average Bonchev–Trinajstić information content (AvgIpc) is 3.34. The summed E-state index contributed by atoms with van der Waals surface area (Å²) < 4.78 is 1.93. The highest BCUT2D eigenvalue weighted by Crippen LogP contribution is 2.37. The number of rotatable bonds is 3. The van der Waals surface area contributed by atoms with E-state index in [9.17, 15) is 10.1 Å². The van der Waals surface area contributed by atoms with E-state index in [-0.39, 0.29) is 11.2 Å². The third kappa shape index (κ3) is 2.77. The zero-order chi connectivity index (χ0) is 20.8. The Kier molecular flexibility index (Phi) is 4.14. The number of nitro benzene ring substituents is 1. The molecule has 146 valence electrons. The molecule has 0 radical (unpaired) electrons. The fourth-order valence-electron chi connectivity index (χ4n) is 3.54. The Bertz CT molecular complexity index is 1460. The fourth-order valence-corrected chi connectivity index (χ4v) is 3.77. The Hall–Kier alpha value is -3.91. The normalized spacial score (nSPS) is 11.3. The van der Waals surface area contributed by atoms with Gasteiger partial charge in [-0.1, -0.05) is 29.8 Å². The number of fused-ring (bicyclic) bond motifs is 3. The minimum atomic E-state index is -0.474. The lowest BCUT2D eigenvalue weighted by molar-refractivity contribution is -0.383. The topological polar surface area (TPSA) is 99.6 Å². The summed E-state index contributed by atoms with van der Waals surface area (Å²) in [6.45, 7) is 0. The van der Waals surface area contributed by atoms with Crippen molar-refractivity contribution < 1.29 is 4.92 Å². The number of nitro groups is 1. The summed E-state index contributed by atoms with van der Waals surface area (Å²) >= 11 is 6.49. The second kappa shape index (κ2) is 6.85. The van der Waals surface area contributed by atoms with Crippen LogP contribution in [0.15, 0.2) is 61.1 Å². The maximum atomic E-state index is 11.7. The Morgan fingerprint density at radius 3 is 2.63 bits per heavy atom. The lowest BCUT2D eigenvalue weighted by Crippen LogP contribution is -1.93. The first-order chi connectivity index (χ1) is 14.5. The molecule has 5 rings (SSSR count). The first kappa shape index (κ1) is 18.1. The van der Waals surface area contributed by atoms with Crippen molar-refractivity contribution in [3.05, 3.63) is 76.2 Å². The number of hydrogen-bond donors (Lipinski definition) is 0. The molecule has 0 unspecified atom stereocenters. The van der Waals surface area contributed by atoms with E-state index in [0.29, 0.717) is 38.3 Å². The van der Waals surface area contributed by atoms with Gasteiger partial charge in [0.1, 0.15) is 5.69 Å². The van der Waals surface area contributed by atoms with Gasteiger partial charge in [0.2, 0.25) is 0 Å². The Morgan fingerprint density at radius 1 is 1.07 bits per heavy atom. The molecule has 0 bridgehead atoms. The predicted molar refractivity (Wildman–Crippen MR) is 114 cm³/mol. The standard InChI is InChI=1S/C21H13ClN6O2/c1-27-8-4-7-17(27)16-11-23-19-13(20(25-16)12-5-2-3-6-15(12)22)9-18(28(29)30)21-14(19)10-24-26-21/h2-11H,1H3. The van der Waals surface area contributed by atoms with Crippen LogP contribution in [-0.4, -0.2) is 29.7 Å². The maximum Gasteiger partial charge on any atom is 0.298 e. The minimum Gasteiger partial charge on any atom is -0.349 e. The first-order valence-corrected chi connectivity index (χ1v) is 9.38. The van der Waals surface area contributed by atoms with Gasteiger partial charge in [-0.25, -0.2) is 4.98 Å². The molecule has 0 saturated heterocycles. The van der Waals surface area contributed by atoms with E-state index >= 15 is 0 Å². The number of nitrogens with zero attached hydrogens (tertiary/aromatic N) is 6. The van der Waals surface area contributed by atoms with Gasteiger partial charge in [-0.2, -0.15) is 5.10 Å². The zero-order valence-corrected chi connectivity index (χ0v) is 16.4. The van der Waals surface area contributed by atoms with Gasteiger partial charge in [-0.05, 0) is 18.2 Å². The van der Waals surface area contributed by atoms with Crippen molar-refractivity contribution in [2.75, 3.05) is 0 Å². The summed E-state index contributed by atoms with van der Waals surface area (Å²) in [6, 6.07) is 12.5. The Morgan fingerprint density at radius 2 is 1.90 bits per heavy atom. The summed E-state index contributed by atoms with van der Waals surface area (Å²) in [5, 5.41) is 21.0. The molecule has 0 spiro atoms.